The van der Waals surface area contributed by atoms with Crippen molar-refractivity contribution in [1.29, 1.82) is 0 Å². The number of aromatic nitrogens is 1. The van der Waals surface area contributed by atoms with Crippen LogP contribution in [0.5, 0.6) is 0 Å². The van der Waals surface area contributed by atoms with Gasteiger partial charge in [0, 0.05) is 17.1 Å². The highest BCUT2D eigenvalue weighted by Gasteiger charge is 2.40. The minimum atomic E-state index is -3.40. The Labute approximate surface area is 139 Å². The molecule has 1 N–H and O–H groups in total. The van der Waals surface area contributed by atoms with E-state index in [1.165, 1.54) is 4.31 Å². The van der Waals surface area contributed by atoms with Gasteiger partial charge in [-0.2, -0.15) is 4.31 Å². The molecule has 0 amide bonds. The largest absolute Gasteiger partial charge is 0.439 e. The van der Waals surface area contributed by atoms with E-state index < -0.39 is 10.0 Å². The number of sulfonamides is 1. The van der Waals surface area contributed by atoms with Gasteiger partial charge in [-0.1, -0.05) is 23.7 Å². The fraction of sp³-hybridized carbons (Fsp3) is 0.400. The molecule has 0 atom stereocenters. The molecule has 0 bridgehead atoms. The predicted molar refractivity (Wildman–Crippen MR) is 86.4 cm³/mol. The summed E-state index contributed by atoms with van der Waals surface area (Å²) >= 11 is 5.95. The first-order valence-corrected chi connectivity index (χ1v) is 9.19. The van der Waals surface area contributed by atoms with Crippen molar-refractivity contribution in [2.75, 3.05) is 13.2 Å². The molecule has 3 rings (SSSR count). The van der Waals surface area contributed by atoms with E-state index in [-0.39, 0.29) is 30.8 Å². The van der Waals surface area contributed by atoms with E-state index in [2.05, 4.69) is 4.98 Å². The third-order valence-corrected chi connectivity index (χ3v) is 6.21. The Hall–Kier alpha value is -1.41. The summed E-state index contributed by atoms with van der Waals surface area (Å²) in [7, 11) is -3.40. The molecule has 1 saturated carbocycles. The minimum Gasteiger partial charge on any atom is -0.439 e. The Morgan fingerprint density at radius 2 is 2.17 bits per heavy atom. The number of benzene rings is 1. The van der Waals surface area contributed by atoms with Gasteiger partial charge in [-0.15, -0.1) is 0 Å². The zero-order chi connectivity index (χ0) is 16.4. The third-order valence-electron chi connectivity index (χ3n) is 3.63. The lowest BCUT2D eigenvalue weighted by Gasteiger charge is -2.19. The van der Waals surface area contributed by atoms with Crippen molar-refractivity contribution in [2.45, 2.75) is 24.6 Å². The fourth-order valence-electron chi connectivity index (χ4n) is 2.29. The summed E-state index contributed by atoms with van der Waals surface area (Å²) in [5, 5.41) is 9.37. The maximum atomic E-state index is 12.3. The number of hydrogen-bond acceptors (Lipinski definition) is 5. The average molecular weight is 357 g/mol. The van der Waals surface area contributed by atoms with Gasteiger partial charge in [0.05, 0.1) is 24.6 Å². The topological polar surface area (TPSA) is 83.6 Å². The summed E-state index contributed by atoms with van der Waals surface area (Å²) in [6.07, 6.45) is 2.88. The van der Waals surface area contributed by atoms with Gasteiger partial charge in [0.2, 0.25) is 15.9 Å². The molecule has 6 nitrogen and oxygen atoms in total. The Bertz CT molecular complexity index is 786. The second-order valence-corrected chi connectivity index (χ2v) is 8.08. The molecule has 2 aromatic rings. The molecule has 1 aliphatic carbocycles. The normalized spacial score (nSPS) is 15.3. The van der Waals surface area contributed by atoms with Crippen LogP contribution < -0.4 is 0 Å². The summed E-state index contributed by atoms with van der Waals surface area (Å²) in [6, 6.07) is 7.14. The van der Waals surface area contributed by atoms with Crippen LogP contribution in [0.2, 0.25) is 5.02 Å². The second kappa shape index (κ2) is 6.60. The maximum Gasteiger partial charge on any atom is 0.217 e. The van der Waals surface area contributed by atoms with Gasteiger partial charge in [-0.3, -0.25) is 0 Å². The molecule has 8 heteroatoms. The van der Waals surface area contributed by atoms with E-state index in [1.54, 1.807) is 24.4 Å². The summed E-state index contributed by atoms with van der Waals surface area (Å²) in [4.78, 5) is 4.14. The van der Waals surface area contributed by atoms with Crippen molar-refractivity contribution in [3.8, 4) is 11.3 Å². The molecule has 23 heavy (non-hydrogen) atoms. The van der Waals surface area contributed by atoms with Gasteiger partial charge < -0.3 is 9.52 Å². The van der Waals surface area contributed by atoms with Crippen molar-refractivity contribution in [2.24, 2.45) is 0 Å². The minimum absolute atomic E-state index is 0.0138. The Morgan fingerprint density at radius 3 is 2.83 bits per heavy atom. The molecule has 124 valence electrons. The molecule has 0 aliphatic heterocycles. The van der Waals surface area contributed by atoms with Gasteiger partial charge in [-0.25, -0.2) is 13.4 Å². The van der Waals surface area contributed by atoms with Crippen LogP contribution in [0, 0.1) is 0 Å². The molecule has 0 radical (unpaired) electrons. The lowest BCUT2D eigenvalue weighted by atomic mass is 10.2. The van der Waals surface area contributed by atoms with Crippen LogP contribution >= 0.6 is 11.6 Å². The smallest absolute Gasteiger partial charge is 0.217 e. The molecule has 0 spiro atoms. The van der Waals surface area contributed by atoms with Crippen LogP contribution in [0.15, 0.2) is 34.9 Å². The summed E-state index contributed by atoms with van der Waals surface area (Å²) in [5.74, 6) is 0.813. The Kier molecular flexibility index (Phi) is 4.72. The van der Waals surface area contributed by atoms with Crippen molar-refractivity contribution in [3.63, 3.8) is 0 Å². The summed E-state index contributed by atoms with van der Waals surface area (Å²) in [6.45, 7) is -0.193. The maximum absolute atomic E-state index is 12.3. The first-order valence-electron chi connectivity index (χ1n) is 7.31. The first kappa shape index (κ1) is 16.4. The molecular weight excluding hydrogens is 340 g/mol. The Balaban J connectivity index is 1.79. The van der Waals surface area contributed by atoms with Gasteiger partial charge >= 0.3 is 0 Å². The van der Waals surface area contributed by atoms with Crippen molar-refractivity contribution < 1.29 is 17.9 Å². The van der Waals surface area contributed by atoms with Crippen LogP contribution in [-0.4, -0.2) is 41.2 Å². The average Bonchev–Trinajstić information content (AvgIpc) is 3.28. The SMILES string of the molecule is O=S(=O)(C1CC1)N(CCO)Cc1ncc(-c2cccc(Cl)c2)o1. The highest BCUT2D eigenvalue weighted by Crippen LogP contribution is 2.32. The summed E-state index contributed by atoms with van der Waals surface area (Å²) < 4.78 is 31.5. The molecule has 1 fully saturated rings. The van der Waals surface area contributed by atoms with E-state index in [9.17, 15) is 8.42 Å². The highest BCUT2D eigenvalue weighted by molar-refractivity contribution is 7.90. The van der Waals surface area contributed by atoms with E-state index in [0.717, 1.165) is 5.56 Å². The van der Waals surface area contributed by atoms with Gasteiger partial charge in [0.15, 0.2) is 5.76 Å². The van der Waals surface area contributed by atoms with Crippen LogP contribution in [-0.2, 0) is 16.6 Å². The van der Waals surface area contributed by atoms with Crippen molar-refractivity contribution in [3.05, 3.63) is 41.4 Å². The van der Waals surface area contributed by atoms with E-state index in [4.69, 9.17) is 21.1 Å². The van der Waals surface area contributed by atoms with E-state index in [1.807, 2.05) is 6.07 Å². The lowest BCUT2D eigenvalue weighted by molar-refractivity contribution is 0.243. The van der Waals surface area contributed by atoms with Crippen molar-refractivity contribution >= 4 is 21.6 Å². The van der Waals surface area contributed by atoms with Crippen LogP contribution in [0.3, 0.4) is 0 Å². The highest BCUT2D eigenvalue weighted by atomic mass is 35.5. The number of halogens is 1. The standard InChI is InChI=1S/C15H17ClN2O4S/c16-12-3-1-2-11(8-12)14-9-17-15(22-14)10-18(6-7-19)23(20,21)13-4-5-13/h1-3,8-9,13,19H,4-7,10H2. The number of oxazole rings is 1. The van der Waals surface area contributed by atoms with Crippen LogP contribution in [0.1, 0.15) is 18.7 Å². The lowest BCUT2D eigenvalue weighted by Crippen LogP contribution is -2.35. The number of rotatable bonds is 7. The first-order chi connectivity index (χ1) is 11.0. The fourth-order valence-corrected chi connectivity index (χ4v) is 4.26. The molecule has 1 aromatic carbocycles. The second-order valence-electron chi connectivity index (χ2n) is 5.43. The number of nitrogens with zero attached hydrogens (tertiary/aromatic N) is 2. The molecule has 0 saturated heterocycles. The van der Waals surface area contributed by atoms with E-state index in [0.29, 0.717) is 23.6 Å². The molecular formula is C15H17ClN2O4S. The van der Waals surface area contributed by atoms with Gasteiger partial charge in [0.1, 0.15) is 0 Å². The van der Waals surface area contributed by atoms with Crippen LogP contribution in [0.25, 0.3) is 11.3 Å². The Morgan fingerprint density at radius 1 is 1.39 bits per heavy atom. The zero-order valence-corrected chi connectivity index (χ0v) is 13.9. The van der Waals surface area contributed by atoms with Crippen LogP contribution in [0.4, 0.5) is 0 Å². The number of hydrogen-bond donors (Lipinski definition) is 1. The van der Waals surface area contributed by atoms with Gasteiger partial charge in [0.25, 0.3) is 0 Å². The van der Waals surface area contributed by atoms with E-state index >= 15 is 0 Å². The quantitative estimate of drug-likeness (QED) is 0.822. The summed E-state index contributed by atoms with van der Waals surface area (Å²) in [5.41, 5.74) is 0.773. The molecule has 0 unspecified atom stereocenters. The predicted octanol–water partition coefficient (Wildman–Crippen LogP) is 2.28. The molecule has 1 aromatic heterocycles. The molecule has 1 aliphatic rings. The number of aliphatic hydroxyl groups excluding tert-OH is 1. The van der Waals surface area contributed by atoms with Gasteiger partial charge in [-0.05, 0) is 25.0 Å². The third kappa shape index (κ3) is 3.74. The zero-order valence-electron chi connectivity index (χ0n) is 12.4. The van der Waals surface area contributed by atoms with Crippen molar-refractivity contribution in [1.82, 2.24) is 9.29 Å². The monoisotopic (exact) mass is 356 g/mol. The number of aliphatic hydroxyl groups is 1. The molecule has 1 heterocycles.